The van der Waals surface area contributed by atoms with E-state index in [1.807, 2.05) is 68.4 Å². The number of hydrogen-bond acceptors (Lipinski definition) is 5. The summed E-state index contributed by atoms with van der Waals surface area (Å²) in [4.78, 5) is 16.4. The second-order valence-corrected chi connectivity index (χ2v) is 7.11. The van der Waals surface area contributed by atoms with Crippen molar-refractivity contribution in [1.29, 1.82) is 0 Å². The first-order valence-corrected chi connectivity index (χ1v) is 9.93. The highest BCUT2D eigenvalue weighted by molar-refractivity contribution is 5.92. The quantitative estimate of drug-likeness (QED) is 0.295. The molecule has 0 N–H and O–H groups in total. The van der Waals surface area contributed by atoms with Crippen molar-refractivity contribution in [3.63, 3.8) is 0 Å². The molecule has 30 heavy (non-hydrogen) atoms. The Morgan fingerprint density at radius 3 is 2.67 bits per heavy atom. The Labute approximate surface area is 175 Å². The summed E-state index contributed by atoms with van der Waals surface area (Å²) in [5.41, 5.74) is 4.39. The lowest BCUT2D eigenvalue weighted by Crippen LogP contribution is -2.00. The summed E-state index contributed by atoms with van der Waals surface area (Å²) in [6.45, 7) is 5.96. The molecule has 0 aliphatic rings. The lowest BCUT2D eigenvalue weighted by atomic mass is 10.1. The van der Waals surface area contributed by atoms with E-state index in [1.54, 1.807) is 6.92 Å². The Morgan fingerprint density at radius 1 is 1.10 bits per heavy atom. The number of nitrogens with zero attached hydrogens (tertiary/aromatic N) is 1. The highest BCUT2D eigenvalue weighted by Crippen LogP contribution is 2.27. The topological polar surface area (TPSA) is 65.5 Å². The zero-order valence-corrected chi connectivity index (χ0v) is 17.3. The average Bonchev–Trinajstić information content (AvgIpc) is 3.31. The molecule has 0 spiro atoms. The molecule has 2 aromatic carbocycles. The van der Waals surface area contributed by atoms with Gasteiger partial charge in [-0.1, -0.05) is 24.3 Å². The fourth-order valence-electron chi connectivity index (χ4n) is 3.34. The Bertz CT molecular complexity index is 1210. The number of hydrogen-bond donors (Lipinski definition) is 0. The normalized spacial score (nSPS) is 11.8. The van der Waals surface area contributed by atoms with Crippen LogP contribution in [-0.4, -0.2) is 17.6 Å². The van der Waals surface area contributed by atoms with Crippen LogP contribution in [0.15, 0.2) is 69.5 Å². The fraction of sp³-hybridized carbons (Fsp3) is 0.200. The number of rotatable bonds is 6. The van der Waals surface area contributed by atoms with Crippen molar-refractivity contribution in [3.8, 4) is 11.5 Å². The van der Waals surface area contributed by atoms with Crippen molar-refractivity contribution >= 4 is 22.5 Å². The number of carbonyl (C=O) groups excluding carboxylic acids is 1. The summed E-state index contributed by atoms with van der Waals surface area (Å²) >= 11 is 0. The number of ether oxygens (including phenoxy) is 1. The van der Waals surface area contributed by atoms with Crippen molar-refractivity contribution in [2.24, 2.45) is 0 Å². The molecule has 2 aromatic heterocycles. The minimum atomic E-state index is -0.335. The van der Waals surface area contributed by atoms with Gasteiger partial charge in [-0.05, 0) is 62.2 Å². The highest BCUT2D eigenvalue weighted by Gasteiger charge is 2.14. The summed E-state index contributed by atoms with van der Waals surface area (Å²) in [6.07, 6.45) is 2.05. The largest absolute Gasteiger partial charge is 0.463 e. The number of oxazole rings is 1. The van der Waals surface area contributed by atoms with E-state index in [4.69, 9.17) is 13.6 Å². The van der Waals surface area contributed by atoms with E-state index in [1.165, 1.54) is 6.08 Å². The first kappa shape index (κ1) is 19.7. The van der Waals surface area contributed by atoms with Crippen molar-refractivity contribution in [3.05, 3.63) is 83.5 Å². The molecule has 0 aliphatic carbocycles. The van der Waals surface area contributed by atoms with Crippen molar-refractivity contribution in [2.75, 3.05) is 6.61 Å². The van der Waals surface area contributed by atoms with Crippen LogP contribution >= 0.6 is 0 Å². The average molecular weight is 401 g/mol. The summed E-state index contributed by atoms with van der Waals surface area (Å²) in [5.74, 6) is 1.87. The number of fused-ring (bicyclic) bond motifs is 1. The maximum Gasteiger partial charge on any atom is 0.331 e. The molecule has 0 unspecified atom stereocenters. The molecule has 2 heterocycles. The minimum absolute atomic E-state index is 0.335. The molecular formula is C25H23NO4. The molecule has 4 aromatic rings. The molecule has 5 nitrogen and oxygen atoms in total. The third kappa shape index (κ3) is 4.20. The van der Waals surface area contributed by atoms with Crippen LogP contribution in [0.1, 0.15) is 36.6 Å². The number of esters is 1. The van der Waals surface area contributed by atoms with Crippen LogP contribution in [-0.2, 0) is 16.0 Å². The van der Waals surface area contributed by atoms with Gasteiger partial charge in [0.15, 0.2) is 0 Å². The van der Waals surface area contributed by atoms with Gasteiger partial charge >= 0.3 is 5.97 Å². The Hall–Kier alpha value is -3.60. The second kappa shape index (κ2) is 8.41. The van der Waals surface area contributed by atoms with E-state index in [2.05, 4.69) is 4.98 Å². The molecule has 0 bridgehead atoms. The van der Waals surface area contributed by atoms with Gasteiger partial charge in [0.05, 0.1) is 18.7 Å². The number of aryl methyl sites for hydroxylation is 1. The summed E-state index contributed by atoms with van der Waals surface area (Å²) in [5, 5.41) is 0.975. The molecule has 0 aliphatic heterocycles. The molecule has 5 heteroatoms. The van der Waals surface area contributed by atoms with Gasteiger partial charge in [0.25, 0.3) is 0 Å². The first-order chi connectivity index (χ1) is 14.5. The van der Waals surface area contributed by atoms with Crippen LogP contribution in [0.4, 0.5) is 0 Å². The van der Waals surface area contributed by atoms with Crippen LogP contribution < -0.4 is 0 Å². The Kier molecular flexibility index (Phi) is 5.53. The zero-order chi connectivity index (χ0) is 21.1. The predicted molar refractivity (Wildman–Crippen MR) is 116 cm³/mol. The van der Waals surface area contributed by atoms with Crippen LogP contribution in [0.3, 0.4) is 0 Å². The molecule has 4 rings (SSSR count). The highest BCUT2D eigenvalue weighted by atomic mass is 16.5. The van der Waals surface area contributed by atoms with E-state index >= 15 is 0 Å². The van der Waals surface area contributed by atoms with Gasteiger partial charge in [-0.25, -0.2) is 9.78 Å². The lowest BCUT2D eigenvalue weighted by Gasteiger charge is -2.02. The predicted octanol–water partition coefficient (Wildman–Crippen LogP) is 5.95. The molecular weight excluding hydrogens is 378 g/mol. The van der Waals surface area contributed by atoms with Crippen molar-refractivity contribution in [1.82, 2.24) is 4.98 Å². The van der Waals surface area contributed by atoms with E-state index in [-0.39, 0.29) is 5.97 Å². The van der Waals surface area contributed by atoms with E-state index in [9.17, 15) is 4.79 Å². The molecule has 0 saturated heterocycles. The van der Waals surface area contributed by atoms with E-state index < -0.39 is 0 Å². The Morgan fingerprint density at radius 2 is 1.90 bits per heavy atom. The molecule has 0 saturated carbocycles. The third-order valence-corrected chi connectivity index (χ3v) is 4.90. The third-order valence-electron chi connectivity index (χ3n) is 4.90. The standard InChI is InChI=1S/C25H23NO4/c1-4-28-24(27)12-16(2)19-10-11-23-20(13-19)14-21(30-23)15-22-17(3)29-25(26-22)18-8-6-5-7-9-18/h5-14H,4,15H2,1-3H3. The van der Waals surface area contributed by atoms with Crippen LogP contribution in [0.25, 0.3) is 28.0 Å². The van der Waals surface area contributed by atoms with E-state index in [0.717, 1.165) is 44.9 Å². The maximum atomic E-state index is 11.7. The number of furan rings is 1. The van der Waals surface area contributed by atoms with E-state index in [0.29, 0.717) is 18.9 Å². The van der Waals surface area contributed by atoms with Crippen LogP contribution in [0.5, 0.6) is 0 Å². The second-order valence-electron chi connectivity index (χ2n) is 7.11. The Balaban J connectivity index is 1.58. The van der Waals surface area contributed by atoms with Crippen LogP contribution in [0, 0.1) is 6.92 Å². The number of allylic oxidation sites excluding steroid dienone is 1. The monoisotopic (exact) mass is 401 g/mol. The first-order valence-electron chi connectivity index (χ1n) is 9.93. The summed E-state index contributed by atoms with van der Waals surface area (Å²) in [7, 11) is 0. The van der Waals surface area contributed by atoms with Crippen molar-refractivity contribution < 1.29 is 18.4 Å². The summed E-state index contributed by atoms with van der Waals surface area (Å²) in [6, 6.07) is 17.7. The van der Waals surface area contributed by atoms with Gasteiger partial charge in [-0.3, -0.25) is 0 Å². The minimum Gasteiger partial charge on any atom is -0.463 e. The van der Waals surface area contributed by atoms with Gasteiger partial charge in [-0.15, -0.1) is 0 Å². The van der Waals surface area contributed by atoms with Gasteiger partial charge in [-0.2, -0.15) is 0 Å². The molecule has 0 radical (unpaired) electrons. The van der Waals surface area contributed by atoms with Gasteiger partial charge in [0, 0.05) is 17.0 Å². The van der Waals surface area contributed by atoms with Gasteiger partial charge < -0.3 is 13.6 Å². The molecule has 0 atom stereocenters. The number of aromatic nitrogens is 1. The maximum absolute atomic E-state index is 11.7. The SMILES string of the molecule is CCOC(=O)C=C(C)c1ccc2oc(Cc3nc(-c4ccccc4)oc3C)cc2c1. The van der Waals surface area contributed by atoms with Crippen LogP contribution in [0.2, 0.25) is 0 Å². The number of carbonyl (C=O) groups is 1. The smallest absolute Gasteiger partial charge is 0.331 e. The lowest BCUT2D eigenvalue weighted by molar-refractivity contribution is -0.137. The van der Waals surface area contributed by atoms with Gasteiger partial charge in [0.1, 0.15) is 17.1 Å². The molecule has 0 fully saturated rings. The molecule has 152 valence electrons. The zero-order valence-electron chi connectivity index (χ0n) is 17.3. The molecule has 0 amide bonds. The van der Waals surface area contributed by atoms with Crippen molar-refractivity contribution in [2.45, 2.75) is 27.2 Å². The fourth-order valence-corrected chi connectivity index (χ4v) is 3.34. The summed E-state index contributed by atoms with van der Waals surface area (Å²) < 4.78 is 16.8. The van der Waals surface area contributed by atoms with Gasteiger partial charge in [0.2, 0.25) is 5.89 Å². The number of benzene rings is 2.